The Hall–Kier alpha value is -0.450. The second-order valence-electron chi connectivity index (χ2n) is 5.99. The van der Waals surface area contributed by atoms with Gasteiger partial charge < -0.3 is 10.1 Å². The molecule has 0 bridgehead atoms. The Morgan fingerprint density at radius 3 is 2.65 bits per heavy atom. The SMILES string of the molecule is CCCNC(COC(C)(C)C)Cc1cccc(F)c1Br. The molecule has 1 aromatic carbocycles. The van der Waals surface area contributed by atoms with Crippen molar-refractivity contribution in [1.82, 2.24) is 5.32 Å². The van der Waals surface area contributed by atoms with Gasteiger partial charge in [0.15, 0.2) is 0 Å². The number of rotatable bonds is 7. The second kappa shape index (κ2) is 8.11. The quantitative estimate of drug-likeness (QED) is 0.794. The minimum absolute atomic E-state index is 0.161. The lowest BCUT2D eigenvalue weighted by Gasteiger charge is -2.25. The van der Waals surface area contributed by atoms with Crippen LogP contribution in [0, 0.1) is 5.82 Å². The van der Waals surface area contributed by atoms with E-state index in [-0.39, 0.29) is 17.5 Å². The molecule has 1 N–H and O–H groups in total. The average Bonchev–Trinajstić information content (AvgIpc) is 2.37. The largest absolute Gasteiger partial charge is 0.374 e. The summed E-state index contributed by atoms with van der Waals surface area (Å²) in [6, 6.07) is 5.35. The third-order valence-corrected chi connectivity index (χ3v) is 3.79. The summed E-state index contributed by atoms with van der Waals surface area (Å²) in [7, 11) is 0. The van der Waals surface area contributed by atoms with Gasteiger partial charge in [0.25, 0.3) is 0 Å². The molecule has 0 fully saturated rings. The van der Waals surface area contributed by atoms with Crippen molar-refractivity contribution in [2.75, 3.05) is 13.2 Å². The van der Waals surface area contributed by atoms with Crippen molar-refractivity contribution < 1.29 is 9.13 Å². The van der Waals surface area contributed by atoms with Crippen LogP contribution in [-0.4, -0.2) is 24.8 Å². The van der Waals surface area contributed by atoms with E-state index < -0.39 is 0 Å². The van der Waals surface area contributed by atoms with Gasteiger partial charge in [-0.1, -0.05) is 19.1 Å². The molecule has 1 unspecified atom stereocenters. The van der Waals surface area contributed by atoms with Crippen LogP contribution in [-0.2, 0) is 11.2 Å². The van der Waals surface area contributed by atoms with Crippen molar-refractivity contribution in [3.8, 4) is 0 Å². The smallest absolute Gasteiger partial charge is 0.137 e. The standard InChI is InChI=1S/C16H25BrFNO/c1-5-9-19-13(11-20-16(2,3)4)10-12-7-6-8-14(18)15(12)17/h6-8,13,19H,5,9-11H2,1-4H3. The van der Waals surface area contributed by atoms with Crippen LogP contribution >= 0.6 is 15.9 Å². The van der Waals surface area contributed by atoms with Crippen LogP contribution < -0.4 is 5.32 Å². The molecule has 1 rings (SSSR count). The van der Waals surface area contributed by atoms with Crippen molar-refractivity contribution >= 4 is 15.9 Å². The van der Waals surface area contributed by atoms with Crippen LogP contribution in [0.25, 0.3) is 0 Å². The summed E-state index contributed by atoms with van der Waals surface area (Å²) >= 11 is 3.32. The Kier molecular flexibility index (Phi) is 7.13. The summed E-state index contributed by atoms with van der Waals surface area (Å²) < 4.78 is 20.0. The predicted octanol–water partition coefficient (Wildman–Crippen LogP) is 4.31. The molecule has 114 valence electrons. The third-order valence-electron chi connectivity index (χ3n) is 2.90. The van der Waals surface area contributed by atoms with E-state index in [9.17, 15) is 4.39 Å². The number of hydrogen-bond donors (Lipinski definition) is 1. The van der Waals surface area contributed by atoms with E-state index >= 15 is 0 Å². The molecule has 0 saturated heterocycles. The van der Waals surface area contributed by atoms with Gasteiger partial charge in [0, 0.05) is 6.04 Å². The summed E-state index contributed by atoms with van der Waals surface area (Å²) in [5.41, 5.74) is 0.807. The lowest BCUT2D eigenvalue weighted by atomic mass is 10.1. The number of nitrogens with one attached hydrogen (secondary N) is 1. The normalized spacial score (nSPS) is 13.5. The zero-order valence-electron chi connectivity index (χ0n) is 12.8. The Morgan fingerprint density at radius 1 is 1.35 bits per heavy atom. The summed E-state index contributed by atoms with van der Waals surface area (Å²) in [5.74, 6) is -0.214. The summed E-state index contributed by atoms with van der Waals surface area (Å²) in [4.78, 5) is 0. The van der Waals surface area contributed by atoms with E-state index in [1.807, 2.05) is 26.8 Å². The van der Waals surface area contributed by atoms with E-state index in [0.717, 1.165) is 24.9 Å². The van der Waals surface area contributed by atoms with Gasteiger partial charge in [0.05, 0.1) is 16.7 Å². The second-order valence-corrected chi connectivity index (χ2v) is 6.78. The van der Waals surface area contributed by atoms with Gasteiger partial charge in [-0.05, 0) is 67.7 Å². The van der Waals surface area contributed by atoms with E-state index in [1.165, 1.54) is 6.07 Å². The first-order valence-electron chi connectivity index (χ1n) is 7.13. The minimum Gasteiger partial charge on any atom is -0.374 e. The van der Waals surface area contributed by atoms with Crippen LogP contribution in [0.3, 0.4) is 0 Å². The molecule has 0 amide bonds. The molecule has 4 heteroatoms. The minimum atomic E-state index is -0.214. The first-order chi connectivity index (χ1) is 9.33. The van der Waals surface area contributed by atoms with Crippen LogP contribution in [0.4, 0.5) is 4.39 Å². The molecule has 1 aromatic rings. The monoisotopic (exact) mass is 345 g/mol. The molecule has 1 atom stereocenters. The van der Waals surface area contributed by atoms with Gasteiger partial charge in [-0.25, -0.2) is 4.39 Å². The average molecular weight is 346 g/mol. The molecule has 0 aliphatic rings. The van der Waals surface area contributed by atoms with Gasteiger partial charge in [0.1, 0.15) is 5.82 Å². The Labute approximate surface area is 130 Å². The Morgan fingerprint density at radius 2 is 2.05 bits per heavy atom. The van der Waals surface area contributed by atoms with Gasteiger partial charge >= 0.3 is 0 Å². The van der Waals surface area contributed by atoms with Crippen molar-refractivity contribution in [3.63, 3.8) is 0 Å². The first-order valence-corrected chi connectivity index (χ1v) is 7.93. The van der Waals surface area contributed by atoms with E-state index in [2.05, 4.69) is 28.2 Å². The molecule has 0 aliphatic carbocycles. The Balaban J connectivity index is 2.70. The van der Waals surface area contributed by atoms with Gasteiger partial charge in [-0.3, -0.25) is 0 Å². The van der Waals surface area contributed by atoms with Crippen molar-refractivity contribution in [2.45, 2.75) is 52.2 Å². The number of ether oxygens (including phenoxy) is 1. The van der Waals surface area contributed by atoms with Crippen molar-refractivity contribution in [2.24, 2.45) is 0 Å². The molecular weight excluding hydrogens is 321 g/mol. The maximum atomic E-state index is 13.6. The molecule has 0 spiro atoms. The number of hydrogen-bond acceptors (Lipinski definition) is 2. The zero-order valence-corrected chi connectivity index (χ0v) is 14.4. The summed E-state index contributed by atoms with van der Waals surface area (Å²) in [6.07, 6.45) is 1.81. The molecule has 0 aliphatic heterocycles. The van der Waals surface area contributed by atoms with Crippen molar-refractivity contribution in [1.29, 1.82) is 0 Å². The maximum Gasteiger partial charge on any atom is 0.137 e. The van der Waals surface area contributed by atoms with Gasteiger partial charge in [0.2, 0.25) is 0 Å². The molecule has 20 heavy (non-hydrogen) atoms. The predicted molar refractivity (Wildman–Crippen MR) is 85.6 cm³/mol. The molecule has 0 radical (unpaired) electrons. The lowest BCUT2D eigenvalue weighted by molar-refractivity contribution is -0.0143. The van der Waals surface area contributed by atoms with Gasteiger partial charge in [-0.2, -0.15) is 0 Å². The van der Waals surface area contributed by atoms with Crippen LogP contribution in [0.1, 0.15) is 39.7 Å². The van der Waals surface area contributed by atoms with E-state index in [0.29, 0.717) is 11.1 Å². The first kappa shape index (κ1) is 17.6. The van der Waals surface area contributed by atoms with Gasteiger partial charge in [-0.15, -0.1) is 0 Å². The Bertz CT molecular complexity index is 417. The van der Waals surface area contributed by atoms with Crippen LogP contribution in [0.5, 0.6) is 0 Å². The van der Waals surface area contributed by atoms with Crippen LogP contribution in [0.15, 0.2) is 22.7 Å². The molecule has 0 heterocycles. The molecule has 0 saturated carbocycles. The highest BCUT2D eigenvalue weighted by Crippen LogP contribution is 2.22. The maximum absolute atomic E-state index is 13.6. The number of halogens is 2. The summed E-state index contributed by atoms with van der Waals surface area (Å²) in [5, 5.41) is 3.47. The third kappa shape index (κ3) is 6.33. The molecular formula is C16H25BrFNO. The molecule has 2 nitrogen and oxygen atoms in total. The lowest BCUT2D eigenvalue weighted by Crippen LogP contribution is -2.38. The fourth-order valence-electron chi connectivity index (χ4n) is 1.86. The fraction of sp³-hybridized carbons (Fsp3) is 0.625. The summed E-state index contributed by atoms with van der Waals surface area (Å²) in [6.45, 7) is 9.82. The van der Waals surface area contributed by atoms with Crippen molar-refractivity contribution in [3.05, 3.63) is 34.1 Å². The highest BCUT2D eigenvalue weighted by molar-refractivity contribution is 9.10. The van der Waals surface area contributed by atoms with E-state index in [4.69, 9.17) is 4.74 Å². The highest BCUT2D eigenvalue weighted by atomic mass is 79.9. The number of benzene rings is 1. The topological polar surface area (TPSA) is 21.3 Å². The highest BCUT2D eigenvalue weighted by Gasteiger charge is 2.17. The zero-order chi connectivity index (χ0) is 15.2. The fourth-order valence-corrected chi connectivity index (χ4v) is 2.29. The van der Waals surface area contributed by atoms with E-state index in [1.54, 1.807) is 6.07 Å². The molecule has 0 aromatic heterocycles. The van der Waals surface area contributed by atoms with Crippen LogP contribution in [0.2, 0.25) is 0 Å².